The third-order valence-corrected chi connectivity index (χ3v) is 3.15. The maximum absolute atomic E-state index is 12.0. The highest BCUT2D eigenvalue weighted by molar-refractivity contribution is 6.34. The van der Waals surface area contributed by atoms with Crippen LogP contribution in [-0.4, -0.2) is 5.78 Å². The summed E-state index contributed by atoms with van der Waals surface area (Å²) in [6.07, 6.45) is 2.39. The molecular weight excluding hydrogens is 208 g/mol. The molecule has 15 heavy (non-hydrogen) atoms. The first-order valence-electron chi connectivity index (χ1n) is 5.44. The highest BCUT2D eigenvalue weighted by Gasteiger charge is 2.29. The Morgan fingerprint density at radius 3 is 2.60 bits per heavy atom. The van der Waals surface area contributed by atoms with Crippen LogP contribution in [-0.2, 0) is 0 Å². The highest BCUT2D eigenvalue weighted by Crippen LogP contribution is 2.43. The van der Waals surface area contributed by atoms with Gasteiger partial charge in [-0.1, -0.05) is 37.6 Å². The van der Waals surface area contributed by atoms with Gasteiger partial charge in [-0.15, -0.1) is 0 Å². The molecule has 1 aromatic rings. The molecule has 0 aromatic heterocycles. The van der Waals surface area contributed by atoms with Gasteiger partial charge in [-0.25, -0.2) is 0 Å². The SMILES string of the molecule is CC(C)C(=O)c1c(Cl)cccc1C1CC1. The molecule has 0 spiro atoms. The van der Waals surface area contributed by atoms with Crippen LogP contribution in [0.1, 0.15) is 48.5 Å². The first kappa shape index (κ1) is 10.7. The zero-order valence-electron chi connectivity index (χ0n) is 9.09. The van der Waals surface area contributed by atoms with Crippen molar-refractivity contribution in [1.82, 2.24) is 0 Å². The van der Waals surface area contributed by atoms with Crippen molar-refractivity contribution in [3.05, 3.63) is 34.3 Å². The van der Waals surface area contributed by atoms with Crippen LogP contribution in [0.25, 0.3) is 0 Å². The molecule has 0 heterocycles. The zero-order chi connectivity index (χ0) is 11.0. The summed E-state index contributed by atoms with van der Waals surface area (Å²) in [5.74, 6) is 0.756. The van der Waals surface area contributed by atoms with E-state index in [2.05, 4.69) is 0 Å². The van der Waals surface area contributed by atoms with Crippen molar-refractivity contribution < 1.29 is 4.79 Å². The number of hydrogen-bond acceptors (Lipinski definition) is 1. The summed E-state index contributed by atoms with van der Waals surface area (Å²) in [7, 11) is 0. The molecule has 1 nitrogen and oxygen atoms in total. The molecular formula is C13H15ClO. The Hall–Kier alpha value is -0.820. The molecule has 1 fully saturated rings. The van der Waals surface area contributed by atoms with Crippen molar-refractivity contribution in [2.24, 2.45) is 5.92 Å². The second-order valence-corrected chi connectivity index (χ2v) is 4.90. The molecule has 0 aliphatic heterocycles. The van der Waals surface area contributed by atoms with Crippen molar-refractivity contribution in [2.75, 3.05) is 0 Å². The molecule has 0 unspecified atom stereocenters. The molecule has 0 atom stereocenters. The summed E-state index contributed by atoms with van der Waals surface area (Å²) in [5.41, 5.74) is 1.91. The molecule has 0 radical (unpaired) electrons. The molecule has 0 bridgehead atoms. The smallest absolute Gasteiger partial charge is 0.167 e. The molecule has 2 rings (SSSR count). The van der Waals surface area contributed by atoms with E-state index in [9.17, 15) is 4.79 Å². The third-order valence-electron chi connectivity index (χ3n) is 2.83. The lowest BCUT2D eigenvalue weighted by Crippen LogP contribution is -2.10. The molecule has 1 saturated carbocycles. The maximum Gasteiger partial charge on any atom is 0.167 e. The number of carbonyl (C=O) groups is 1. The van der Waals surface area contributed by atoms with Gasteiger partial charge in [-0.3, -0.25) is 4.79 Å². The molecule has 0 amide bonds. The van der Waals surface area contributed by atoms with Crippen LogP contribution < -0.4 is 0 Å². The summed E-state index contributed by atoms with van der Waals surface area (Å²) >= 11 is 6.12. The predicted octanol–water partition coefficient (Wildman–Crippen LogP) is 4.06. The average Bonchev–Trinajstić information content (AvgIpc) is 2.99. The number of Topliss-reactive ketones (excluding diaryl/α,β-unsaturated/α-hetero) is 1. The van der Waals surface area contributed by atoms with Gasteiger partial charge in [0, 0.05) is 11.5 Å². The van der Waals surface area contributed by atoms with Gasteiger partial charge in [0.1, 0.15) is 0 Å². The molecule has 1 aromatic carbocycles. The molecule has 0 N–H and O–H groups in total. The summed E-state index contributed by atoms with van der Waals surface area (Å²) in [4.78, 5) is 12.0. The van der Waals surface area contributed by atoms with E-state index >= 15 is 0 Å². The zero-order valence-corrected chi connectivity index (χ0v) is 9.84. The first-order chi connectivity index (χ1) is 7.11. The fourth-order valence-corrected chi connectivity index (χ4v) is 2.10. The van der Waals surface area contributed by atoms with Crippen molar-refractivity contribution in [2.45, 2.75) is 32.6 Å². The van der Waals surface area contributed by atoms with Crippen LogP contribution >= 0.6 is 11.6 Å². The largest absolute Gasteiger partial charge is 0.294 e. The normalized spacial score (nSPS) is 15.7. The molecule has 2 heteroatoms. The molecule has 1 aliphatic carbocycles. The third kappa shape index (κ3) is 2.07. The number of rotatable bonds is 3. The topological polar surface area (TPSA) is 17.1 Å². The Morgan fingerprint density at radius 1 is 1.40 bits per heavy atom. The summed E-state index contributed by atoms with van der Waals surface area (Å²) in [6, 6.07) is 5.79. The maximum atomic E-state index is 12.0. The average molecular weight is 223 g/mol. The van der Waals surface area contributed by atoms with Crippen molar-refractivity contribution in [1.29, 1.82) is 0 Å². The first-order valence-corrected chi connectivity index (χ1v) is 5.81. The van der Waals surface area contributed by atoms with E-state index in [0.29, 0.717) is 10.9 Å². The minimum absolute atomic E-state index is 0.0161. The van der Waals surface area contributed by atoms with E-state index in [4.69, 9.17) is 11.6 Å². The van der Waals surface area contributed by atoms with Crippen LogP contribution in [0.5, 0.6) is 0 Å². The van der Waals surface area contributed by atoms with E-state index < -0.39 is 0 Å². The Bertz CT molecular complexity index is 392. The van der Waals surface area contributed by atoms with E-state index in [1.807, 2.05) is 32.0 Å². The van der Waals surface area contributed by atoms with Gasteiger partial charge >= 0.3 is 0 Å². The van der Waals surface area contributed by atoms with Crippen molar-refractivity contribution in [3.63, 3.8) is 0 Å². The van der Waals surface area contributed by atoms with Crippen LogP contribution in [0.4, 0.5) is 0 Å². The molecule has 1 aliphatic rings. The van der Waals surface area contributed by atoms with Crippen LogP contribution in [0.3, 0.4) is 0 Å². The van der Waals surface area contributed by atoms with Crippen LogP contribution in [0.2, 0.25) is 5.02 Å². The lowest BCUT2D eigenvalue weighted by molar-refractivity contribution is 0.0938. The lowest BCUT2D eigenvalue weighted by Gasteiger charge is -2.11. The Kier molecular flexibility index (Phi) is 2.83. The minimum Gasteiger partial charge on any atom is -0.294 e. The van der Waals surface area contributed by atoms with E-state index in [0.717, 1.165) is 11.1 Å². The van der Waals surface area contributed by atoms with Gasteiger partial charge in [-0.05, 0) is 30.4 Å². The number of carbonyl (C=O) groups excluding carboxylic acids is 1. The van der Waals surface area contributed by atoms with E-state index in [1.165, 1.54) is 12.8 Å². The van der Waals surface area contributed by atoms with Gasteiger partial charge < -0.3 is 0 Å². The number of halogens is 1. The monoisotopic (exact) mass is 222 g/mol. The highest BCUT2D eigenvalue weighted by atomic mass is 35.5. The molecule has 80 valence electrons. The predicted molar refractivity (Wildman–Crippen MR) is 62.6 cm³/mol. The summed E-state index contributed by atoms with van der Waals surface area (Å²) < 4.78 is 0. The summed E-state index contributed by atoms with van der Waals surface area (Å²) in [5, 5.41) is 0.609. The van der Waals surface area contributed by atoms with Crippen LogP contribution in [0, 0.1) is 5.92 Å². The van der Waals surface area contributed by atoms with Crippen LogP contribution in [0.15, 0.2) is 18.2 Å². The van der Waals surface area contributed by atoms with E-state index in [-0.39, 0.29) is 11.7 Å². The lowest BCUT2D eigenvalue weighted by atomic mass is 9.94. The number of ketones is 1. The fraction of sp³-hybridized carbons (Fsp3) is 0.462. The van der Waals surface area contributed by atoms with Gasteiger partial charge in [0.15, 0.2) is 5.78 Å². The minimum atomic E-state index is 0.0161. The van der Waals surface area contributed by atoms with Gasteiger partial charge in [-0.2, -0.15) is 0 Å². The second kappa shape index (κ2) is 3.97. The summed E-state index contributed by atoms with van der Waals surface area (Å²) in [6.45, 7) is 3.84. The molecule has 0 saturated heterocycles. The van der Waals surface area contributed by atoms with Crippen molar-refractivity contribution >= 4 is 17.4 Å². The van der Waals surface area contributed by atoms with Crippen molar-refractivity contribution in [3.8, 4) is 0 Å². The fourth-order valence-electron chi connectivity index (χ4n) is 1.82. The second-order valence-electron chi connectivity index (χ2n) is 4.50. The number of benzene rings is 1. The van der Waals surface area contributed by atoms with E-state index in [1.54, 1.807) is 0 Å². The number of hydrogen-bond donors (Lipinski definition) is 0. The van der Waals surface area contributed by atoms with Gasteiger partial charge in [0.25, 0.3) is 0 Å². The quantitative estimate of drug-likeness (QED) is 0.705. The standard InChI is InChI=1S/C13H15ClO/c1-8(2)13(15)12-10(9-6-7-9)4-3-5-11(12)14/h3-5,8-9H,6-7H2,1-2H3. The van der Waals surface area contributed by atoms with Gasteiger partial charge in [0.05, 0.1) is 5.02 Å². The Balaban J connectivity index is 2.47. The Labute approximate surface area is 95.4 Å². The van der Waals surface area contributed by atoms with Gasteiger partial charge in [0.2, 0.25) is 0 Å². The Morgan fingerprint density at radius 2 is 2.07 bits per heavy atom.